The first kappa shape index (κ1) is 17.2. The summed E-state index contributed by atoms with van der Waals surface area (Å²) >= 11 is 0. The predicted molar refractivity (Wildman–Crippen MR) is 96.0 cm³/mol. The SMILES string of the molecule is CC(=O)N1CCN=C1c1ccc(OC(=O)Nc2ccc(C#N)cc2)cc1. The highest BCUT2D eigenvalue weighted by Crippen LogP contribution is 2.17. The molecule has 1 N–H and O–H groups in total. The Morgan fingerprint density at radius 3 is 2.46 bits per heavy atom. The number of hydrogen-bond acceptors (Lipinski definition) is 5. The van der Waals surface area contributed by atoms with Crippen LogP contribution in [0.15, 0.2) is 53.5 Å². The number of ether oxygens (including phenoxy) is 1. The van der Waals surface area contributed by atoms with Crippen LogP contribution in [0.3, 0.4) is 0 Å². The second-order valence-electron chi connectivity index (χ2n) is 5.60. The number of anilines is 1. The molecule has 1 aliphatic rings. The summed E-state index contributed by atoms with van der Waals surface area (Å²) in [5, 5.41) is 11.3. The molecule has 0 aliphatic carbocycles. The number of nitrogens with zero attached hydrogens (tertiary/aromatic N) is 3. The van der Waals surface area contributed by atoms with E-state index in [9.17, 15) is 9.59 Å². The third kappa shape index (κ3) is 3.87. The van der Waals surface area contributed by atoms with Crippen molar-refractivity contribution in [3.63, 3.8) is 0 Å². The average Bonchev–Trinajstić information content (AvgIpc) is 3.13. The molecular weight excluding hydrogens is 332 g/mol. The van der Waals surface area contributed by atoms with Crippen LogP contribution in [0.2, 0.25) is 0 Å². The van der Waals surface area contributed by atoms with Crippen molar-refractivity contribution < 1.29 is 14.3 Å². The molecule has 0 fully saturated rings. The molecule has 0 spiro atoms. The monoisotopic (exact) mass is 348 g/mol. The lowest BCUT2D eigenvalue weighted by Crippen LogP contribution is -2.32. The quantitative estimate of drug-likeness (QED) is 0.923. The minimum absolute atomic E-state index is 0.0524. The van der Waals surface area contributed by atoms with Crippen molar-refractivity contribution in [2.45, 2.75) is 6.92 Å². The van der Waals surface area contributed by atoms with E-state index in [0.717, 1.165) is 5.56 Å². The molecule has 2 amide bonds. The van der Waals surface area contributed by atoms with E-state index < -0.39 is 6.09 Å². The van der Waals surface area contributed by atoms with Crippen LogP contribution in [0.1, 0.15) is 18.1 Å². The van der Waals surface area contributed by atoms with Gasteiger partial charge in [0.2, 0.25) is 5.91 Å². The van der Waals surface area contributed by atoms with Crippen molar-refractivity contribution in [2.24, 2.45) is 4.99 Å². The lowest BCUT2D eigenvalue weighted by atomic mass is 10.2. The summed E-state index contributed by atoms with van der Waals surface area (Å²) in [5.41, 5.74) is 1.83. The van der Waals surface area contributed by atoms with Crippen LogP contribution >= 0.6 is 0 Å². The molecule has 2 aromatic rings. The molecule has 1 heterocycles. The fourth-order valence-electron chi connectivity index (χ4n) is 2.55. The molecule has 0 atom stereocenters. The number of carbonyl (C=O) groups is 2. The van der Waals surface area contributed by atoms with E-state index in [0.29, 0.717) is 35.9 Å². The van der Waals surface area contributed by atoms with E-state index in [1.807, 2.05) is 6.07 Å². The van der Waals surface area contributed by atoms with Crippen molar-refractivity contribution >= 4 is 23.5 Å². The maximum absolute atomic E-state index is 11.9. The van der Waals surface area contributed by atoms with Crippen molar-refractivity contribution in [1.29, 1.82) is 5.26 Å². The van der Waals surface area contributed by atoms with Crippen LogP contribution in [0, 0.1) is 11.3 Å². The number of carbonyl (C=O) groups excluding carboxylic acids is 2. The zero-order chi connectivity index (χ0) is 18.5. The average molecular weight is 348 g/mol. The van der Waals surface area contributed by atoms with Gasteiger partial charge < -0.3 is 4.74 Å². The van der Waals surface area contributed by atoms with Gasteiger partial charge in [0, 0.05) is 24.7 Å². The first-order chi connectivity index (χ1) is 12.6. The van der Waals surface area contributed by atoms with Crippen LogP contribution in [0.25, 0.3) is 0 Å². The van der Waals surface area contributed by atoms with Gasteiger partial charge in [-0.2, -0.15) is 5.26 Å². The number of amidine groups is 1. The maximum atomic E-state index is 11.9. The number of amides is 2. The molecule has 0 unspecified atom stereocenters. The highest BCUT2D eigenvalue weighted by atomic mass is 16.6. The summed E-state index contributed by atoms with van der Waals surface area (Å²) in [4.78, 5) is 29.5. The molecule has 0 saturated carbocycles. The number of nitriles is 1. The maximum Gasteiger partial charge on any atom is 0.417 e. The molecule has 3 rings (SSSR count). The Hall–Kier alpha value is -3.66. The molecule has 2 aromatic carbocycles. The van der Waals surface area contributed by atoms with Crippen molar-refractivity contribution in [3.8, 4) is 11.8 Å². The Kier molecular flexibility index (Phi) is 4.94. The van der Waals surface area contributed by atoms with Crippen LogP contribution < -0.4 is 10.1 Å². The lowest BCUT2D eigenvalue weighted by Gasteiger charge is -2.16. The molecule has 0 aromatic heterocycles. The minimum atomic E-state index is -0.633. The molecule has 0 bridgehead atoms. The molecular formula is C19H16N4O3. The second-order valence-corrected chi connectivity index (χ2v) is 5.60. The second kappa shape index (κ2) is 7.49. The summed E-state index contributed by atoms with van der Waals surface area (Å²) in [5.74, 6) is 0.947. The van der Waals surface area contributed by atoms with Gasteiger partial charge in [0.05, 0.1) is 18.2 Å². The number of hydrogen-bond donors (Lipinski definition) is 1. The first-order valence-electron chi connectivity index (χ1n) is 7.99. The third-order valence-electron chi connectivity index (χ3n) is 3.80. The number of benzene rings is 2. The number of nitrogens with one attached hydrogen (secondary N) is 1. The normalized spacial score (nSPS) is 12.9. The van der Waals surface area contributed by atoms with Gasteiger partial charge in [-0.1, -0.05) is 0 Å². The number of aliphatic imine (C=N–C) groups is 1. The van der Waals surface area contributed by atoms with Crippen LogP contribution in [0.4, 0.5) is 10.5 Å². The molecule has 7 heteroatoms. The smallest absolute Gasteiger partial charge is 0.410 e. The molecule has 0 radical (unpaired) electrons. The minimum Gasteiger partial charge on any atom is -0.410 e. The molecule has 130 valence electrons. The highest BCUT2D eigenvalue weighted by molar-refractivity contribution is 6.08. The van der Waals surface area contributed by atoms with E-state index in [1.165, 1.54) is 6.92 Å². The van der Waals surface area contributed by atoms with E-state index in [4.69, 9.17) is 10.00 Å². The predicted octanol–water partition coefficient (Wildman–Crippen LogP) is 2.78. The van der Waals surface area contributed by atoms with Gasteiger partial charge >= 0.3 is 6.09 Å². The van der Waals surface area contributed by atoms with Gasteiger partial charge in [0.15, 0.2) is 0 Å². The van der Waals surface area contributed by atoms with Crippen molar-refractivity contribution in [2.75, 3.05) is 18.4 Å². The van der Waals surface area contributed by atoms with Crippen LogP contribution in [0.5, 0.6) is 5.75 Å². The Balaban J connectivity index is 1.63. The van der Waals surface area contributed by atoms with Crippen molar-refractivity contribution in [3.05, 3.63) is 59.7 Å². The van der Waals surface area contributed by atoms with E-state index in [1.54, 1.807) is 53.4 Å². The van der Waals surface area contributed by atoms with Crippen molar-refractivity contribution in [1.82, 2.24) is 4.90 Å². The van der Waals surface area contributed by atoms with Gasteiger partial charge in [0.25, 0.3) is 0 Å². The van der Waals surface area contributed by atoms with Gasteiger partial charge in [-0.05, 0) is 48.5 Å². The third-order valence-corrected chi connectivity index (χ3v) is 3.80. The van der Waals surface area contributed by atoms with Crippen LogP contribution in [-0.2, 0) is 4.79 Å². The molecule has 0 saturated heterocycles. The number of rotatable bonds is 3. The summed E-state index contributed by atoms with van der Waals surface area (Å²) in [6.07, 6.45) is -0.633. The van der Waals surface area contributed by atoms with E-state index >= 15 is 0 Å². The van der Waals surface area contributed by atoms with Gasteiger partial charge in [0.1, 0.15) is 11.6 Å². The fourth-order valence-corrected chi connectivity index (χ4v) is 2.55. The molecule has 7 nitrogen and oxygen atoms in total. The van der Waals surface area contributed by atoms with E-state index in [2.05, 4.69) is 10.3 Å². The zero-order valence-corrected chi connectivity index (χ0v) is 14.1. The summed E-state index contributed by atoms with van der Waals surface area (Å²) in [6.45, 7) is 2.67. The summed E-state index contributed by atoms with van der Waals surface area (Å²) < 4.78 is 5.23. The first-order valence-corrected chi connectivity index (χ1v) is 7.99. The molecule has 1 aliphatic heterocycles. The lowest BCUT2D eigenvalue weighted by molar-refractivity contribution is -0.124. The van der Waals surface area contributed by atoms with Gasteiger partial charge in [-0.3, -0.25) is 20.0 Å². The topological polar surface area (TPSA) is 94.8 Å². The standard InChI is InChI=1S/C19H16N4O3/c1-13(24)23-11-10-21-18(23)15-4-8-17(9-5-15)26-19(25)22-16-6-2-14(12-20)3-7-16/h2-9H,10-11H2,1H3,(H,22,25). The highest BCUT2D eigenvalue weighted by Gasteiger charge is 2.21. The molecule has 26 heavy (non-hydrogen) atoms. The fraction of sp³-hybridized carbons (Fsp3) is 0.158. The summed E-state index contributed by atoms with van der Waals surface area (Å²) in [6, 6.07) is 15.3. The summed E-state index contributed by atoms with van der Waals surface area (Å²) in [7, 11) is 0. The Labute approximate surface area is 150 Å². The van der Waals surface area contributed by atoms with Gasteiger partial charge in [-0.15, -0.1) is 0 Å². The van der Waals surface area contributed by atoms with E-state index in [-0.39, 0.29) is 5.91 Å². The largest absolute Gasteiger partial charge is 0.417 e. The zero-order valence-electron chi connectivity index (χ0n) is 14.1. The van der Waals surface area contributed by atoms with Gasteiger partial charge in [-0.25, -0.2) is 4.79 Å². The van der Waals surface area contributed by atoms with Crippen LogP contribution in [-0.4, -0.2) is 35.8 Å². The Morgan fingerprint density at radius 2 is 1.85 bits per heavy atom. The Morgan fingerprint density at radius 1 is 1.15 bits per heavy atom. The Bertz CT molecular complexity index is 896.